The molecule has 122 valence electrons. The minimum atomic E-state index is -1.02. The van der Waals surface area contributed by atoms with Crippen LogP contribution in [0.2, 0.25) is 0 Å². The normalized spacial score (nSPS) is 15.0. The summed E-state index contributed by atoms with van der Waals surface area (Å²) in [5.74, 6) is 0.395. The predicted octanol–water partition coefficient (Wildman–Crippen LogP) is 2.32. The number of fused-ring (bicyclic) bond motifs is 1. The van der Waals surface area contributed by atoms with Gasteiger partial charge in [-0.15, -0.1) is 0 Å². The summed E-state index contributed by atoms with van der Waals surface area (Å²) in [6.45, 7) is 5.63. The van der Waals surface area contributed by atoms with E-state index in [1.807, 2.05) is 13.8 Å². The number of hydrogen-bond donors (Lipinski definition) is 2. The van der Waals surface area contributed by atoms with Gasteiger partial charge in [0.2, 0.25) is 0 Å². The highest BCUT2D eigenvalue weighted by Gasteiger charge is 2.25. The van der Waals surface area contributed by atoms with Crippen LogP contribution >= 0.6 is 0 Å². The van der Waals surface area contributed by atoms with Gasteiger partial charge in [0.25, 0.3) is 0 Å². The van der Waals surface area contributed by atoms with Gasteiger partial charge >= 0.3 is 5.97 Å². The van der Waals surface area contributed by atoms with E-state index in [4.69, 9.17) is 0 Å². The average Bonchev–Trinajstić information content (AvgIpc) is 2.96. The summed E-state index contributed by atoms with van der Waals surface area (Å²) in [5, 5.41) is 16.4. The van der Waals surface area contributed by atoms with Crippen LogP contribution < -0.4 is 0 Å². The highest BCUT2D eigenvalue weighted by Crippen LogP contribution is 2.26. The van der Waals surface area contributed by atoms with Crippen LogP contribution in [0.25, 0.3) is 0 Å². The molecule has 0 atom stereocenters. The summed E-state index contributed by atoms with van der Waals surface area (Å²) < 4.78 is 13.9. The molecular formula is C16H19FN4O2. The van der Waals surface area contributed by atoms with Gasteiger partial charge in [0.15, 0.2) is 5.82 Å². The first-order chi connectivity index (χ1) is 11.0. The third-order valence-electron chi connectivity index (χ3n) is 4.10. The highest BCUT2D eigenvalue weighted by molar-refractivity contribution is 5.89. The Morgan fingerprint density at radius 2 is 2.22 bits per heavy atom. The lowest BCUT2D eigenvalue weighted by Crippen LogP contribution is -2.32. The summed E-state index contributed by atoms with van der Waals surface area (Å²) >= 11 is 0. The Bertz CT molecular complexity index is 742. The van der Waals surface area contributed by atoms with Gasteiger partial charge in [-0.2, -0.15) is 5.10 Å². The molecule has 2 aromatic rings. The third-order valence-corrected chi connectivity index (χ3v) is 4.10. The molecule has 23 heavy (non-hydrogen) atoms. The fourth-order valence-electron chi connectivity index (χ4n) is 2.87. The molecule has 0 amide bonds. The maximum absolute atomic E-state index is 13.9. The summed E-state index contributed by atoms with van der Waals surface area (Å²) in [5.41, 5.74) is 1.25. The van der Waals surface area contributed by atoms with Gasteiger partial charge in [-0.3, -0.25) is 10.00 Å². The fourth-order valence-corrected chi connectivity index (χ4v) is 2.87. The van der Waals surface area contributed by atoms with Crippen molar-refractivity contribution in [3.05, 3.63) is 46.3 Å². The number of nitrogens with one attached hydrogen (secondary N) is 1. The van der Waals surface area contributed by atoms with E-state index in [9.17, 15) is 14.3 Å². The molecule has 7 heteroatoms. The molecule has 0 saturated carbocycles. The van der Waals surface area contributed by atoms with E-state index >= 15 is 0 Å². The van der Waals surface area contributed by atoms with Crippen molar-refractivity contribution in [1.82, 2.24) is 20.1 Å². The molecule has 2 N–H and O–H groups in total. The molecule has 0 fully saturated rings. The molecule has 1 aromatic heterocycles. The van der Waals surface area contributed by atoms with Crippen molar-refractivity contribution >= 4 is 5.97 Å². The second kappa shape index (κ2) is 6.08. The molecule has 0 aliphatic carbocycles. The number of H-pyrrole nitrogens is 1. The van der Waals surface area contributed by atoms with Gasteiger partial charge in [0.05, 0.1) is 12.1 Å². The molecule has 1 aliphatic heterocycles. The minimum Gasteiger partial charge on any atom is -0.478 e. The number of aromatic nitrogens is 3. The second-order valence-electron chi connectivity index (χ2n) is 6.11. The quantitative estimate of drug-likeness (QED) is 0.904. The molecule has 0 radical (unpaired) electrons. The van der Waals surface area contributed by atoms with E-state index in [-0.39, 0.29) is 17.3 Å². The zero-order valence-corrected chi connectivity index (χ0v) is 13.1. The number of aromatic carboxylic acids is 1. The average molecular weight is 318 g/mol. The highest BCUT2D eigenvalue weighted by atomic mass is 19.1. The number of hydrogen-bond acceptors (Lipinski definition) is 4. The minimum absolute atomic E-state index is 0.173. The first kappa shape index (κ1) is 15.6. The van der Waals surface area contributed by atoms with Gasteiger partial charge in [0, 0.05) is 19.0 Å². The van der Waals surface area contributed by atoms with E-state index in [0.717, 1.165) is 11.6 Å². The van der Waals surface area contributed by atoms with Crippen molar-refractivity contribution in [2.75, 3.05) is 6.54 Å². The van der Waals surface area contributed by atoms with Crippen LogP contribution in [0.1, 0.15) is 52.9 Å². The molecule has 0 spiro atoms. The molecule has 0 bridgehead atoms. The molecule has 6 nitrogen and oxygen atoms in total. The molecule has 0 unspecified atom stereocenters. The van der Waals surface area contributed by atoms with Crippen LogP contribution in [-0.2, 0) is 19.5 Å². The van der Waals surface area contributed by atoms with E-state index < -0.39 is 5.97 Å². The number of carboxylic acid groups (broad SMARTS) is 1. The number of rotatable bonds is 4. The standard InChI is InChI=1S/C16H19FN4O2/c1-9(2)15-18-14(19-20-15)8-21-6-5-10-12(7-21)11(16(22)23)3-4-13(10)17/h3-4,9H,5-8H2,1-2H3,(H,22,23)(H,18,19,20). The smallest absolute Gasteiger partial charge is 0.336 e. The number of carboxylic acids is 1. The monoisotopic (exact) mass is 318 g/mol. The Labute approximate surface area is 133 Å². The molecule has 0 saturated heterocycles. The van der Waals surface area contributed by atoms with Gasteiger partial charge in [-0.25, -0.2) is 14.2 Å². The summed E-state index contributed by atoms with van der Waals surface area (Å²) in [7, 11) is 0. The summed E-state index contributed by atoms with van der Waals surface area (Å²) in [6.07, 6.45) is 0.494. The van der Waals surface area contributed by atoms with Crippen molar-refractivity contribution in [3.63, 3.8) is 0 Å². The van der Waals surface area contributed by atoms with Crippen LogP contribution in [-0.4, -0.2) is 37.7 Å². The Morgan fingerprint density at radius 1 is 1.43 bits per heavy atom. The maximum Gasteiger partial charge on any atom is 0.336 e. The zero-order valence-electron chi connectivity index (χ0n) is 13.1. The van der Waals surface area contributed by atoms with E-state index in [1.165, 1.54) is 12.1 Å². The van der Waals surface area contributed by atoms with Gasteiger partial charge < -0.3 is 5.11 Å². The lowest BCUT2D eigenvalue weighted by atomic mass is 9.94. The lowest BCUT2D eigenvalue weighted by molar-refractivity contribution is 0.0693. The van der Waals surface area contributed by atoms with Crippen LogP contribution in [0.3, 0.4) is 0 Å². The largest absolute Gasteiger partial charge is 0.478 e. The van der Waals surface area contributed by atoms with Gasteiger partial charge in [0.1, 0.15) is 11.6 Å². The SMILES string of the molecule is CC(C)c1n[nH]c(CN2CCc3c(F)ccc(C(=O)O)c3C2)n1. The molecule has 2 heterocycles. The Balaban J connectivity index is 1.81. The van der Waals surface area contributed by atoms with Crippen LogP contribution in [0.4, 0.5) is 4.39 Å². The number of nitrogens with zero attached hydrogens (tertiary/aromatic N) is 3. The summed E-state index contributed by atoms with van der Waals surface area (Å²) in [6, 6.07) is 2.58. The number of carbonyl (C=O) groups is 1. The number of aromatic amines is 1. The number of halogens is 1. The van der Waals surface area contributed by atoms with Crippen molar-refractivity contribution in [1.29, 1.82) is 0 Å². The van der Waals surface area contributed by atoms with Crippen molar-refractivity contribution in [2.24, 2.45) is 0 Å². The topological polar surface area (TPSA) is 82.1 Å². The van der Waals surface area contributed by atoms with E-state index in [2.05, 4.69) is 20.1 Å². The number of benzene rings is 1. The fraction of sp³-hybridized carbons (Fsp3) is 0.438. The van der Waals surface area contributed by atoms with Crippen molar-refractivity contribution in [3.8, 4) is 0 Å². The summed E-state index contributed by atoms with van der Waals surface area (Å²) in [4.78, 5) is 17.8. The Kier molecular flexibility index (Phi) is 4.12. The zero-order chi connectivity index (χ0) is 16.6. The van der Waals surface area contributed by atoms with Gasteiger partial charge in [-0.1, -0.05) is 13.8 Å². The van der Waals surface area contributed by atoms with Crippen LogP contribution in [0.5, 0.6) is 0 Å². The van der Waals surface area contributed by atoms with Crippen molar-refractivity contribution < 1.29 is 14.3 Å². The first-order valence-corrected chi connectivity index (χ1v) is 7.62. The maximum atomic E-state index is 13.9. The van der Waals surface area contributed by atoms with E-state index in [1.54, 1.807) is 0 Å². The predicted molar refractivity (Wildman–Crippen MR) is 81.6 cm³/mol. The second-order valence-corrected chi connectivity index (χ2v) is 6.11. The van der Waals surface area contributed by atoms with Crippen molar-refractivity contribution in [2.45, 2.75) is 39.3 Å². The molecular weight excluding hydrogens is 299 g/mol. The van der Waals surface area contributed by atoms with Gasteiger partial charge in [-0.05, 0) is 29.7 Å². The Morgan fingerprint density at radius 3 is 2.87 bits per heavy atom. The van der Waals surface area contributed by atoms with Crippen LogP contribution in [0.15, 0.2) is 12.1 Å². The molecule has 1 aliphatic rings. The van der Waals surface area contributed by atoms with E-state index in [0.29, 0.717) is 37.2 Å². The molecule has 1 aromatic carbocycles. The lowest BCUT2D eigenvalue weighted by Gasteiger charge is -2.29. The van der Waals surface area contributed by atoms with Crippen LogP contribution in [0, 0.1) is 5.82 Å². The Hall–Kier alpha value is -2.28. The first-order valence-electron chi connectivity index (χ1n) is 7.62. The third kappa shape index (κ3) is 3.10. The molecule has 3 rings (SSSR count).